The Bertz CT molecular complexity index is 513. The molecule has 0 radical (unpaired) electrons. The summed E-state index contributed by atoms with van der Waals surface area (Å²) in [6.07, 6.45) is 3.04. The number of amides is 2. The van der Waals surface area contributed by atoms with Crippen molar-refractivity contribution in [2.75, 3.05) is 6.61 Å². The van der Waals surface area contributed by atoms with Gasteiger partial charge in [-0.05, 0) is 30.5 Å². The number of carbonyl (C=O) groups excluding carboxylic acids is 2. The van der Waals surface area contributed by atoms with E-state index in [-0.39, 0.29) is 23.7 Å². The highest BCUT2D eigenvalue weighted by Gasteiger charge is 2.36. The molecule has 2 amide bonds. The average Bonchev–Trinajstić information content (AvgIpc) is 2.48. The van der Waals surface area contributed by atoms with Gasteiger partial charge in [-0.3, -0.25) is 14.9 Å². The molecule has 1 saturated heterocycles. The molecule has 114 valence electrons. The highest BCUT2D eigenvalue weighted by atomic mass is 16.5. The highest BCUT2D eigenvalue weighted by molar-refractivity contribution is 5.99. The van der Waals surface area contributed by atoms with Crippen molar-refractivity contribution >= 4 is 11.8 Å². The molecule has 21 heavy (non-hydrogen) atoms. The maximum atomic E-state index is 12.1. The predicted molar refractivity (Wildman–Crippen MR) is 81.1 cm³/mol. The lowest BCUT2D eigenvalue weighted by molar-refractivity contribution is -0.137. The smallest absolute Gasteiger partial charge is 0.230 e. The minimum absolute atomic E-state index is 0.0450. The van der Waals surface area contributed by atoms with E-state index in [0.717, 1.165) is 30.6 Å². The van der Waals surface area contributed by atoms with Crippen LogP contribution in [0, 0.1) is 5.92 Å². The van der Waals surface area contributed by atoms with Gasteiger partial charge in [0.25, 0.3) is 0 Å². The number of rotatable bonds is 6. The second-order valence-electron chi connectivity index (χ2n) is 5.54. The Balaban J connectivity index is 2.23. The Morgan fingerprint density at radius 2 is 2.05 bits per heavy atom. The summed E-state index contributed by atoms with van der Waals surface area (Å²) in [5.41, 5.74) is 1.02. The number of hydrogen-bond donors (Lipinski definition) is 1. The second kappa shape index (κ2) is 7.25. The van der Waals surface area contributed by atoms with Crippen LogP contribution in [-0.4, -0.2) is 18.4 Å². The first kappa shape index (κ1) is 15.5. The minimum atomic E-state index is -0.183. The molecule has 1 N–H and O–H groups in total. The van der Waals surface area contributed by atoms with Gasteiger partial charge in [0.1, 0.15) is 5.75 Å². The first-order valence-electron chi connectivity index (χ1n) is 7.72. The third-order valence-corrected chi connectivity index (χ3v) is 3.85. The van der Waals surface area contributed by atoms with Gasteiger partial charge in [-0.1, -0.05) is 32.4 Å². The first-order chi connectivity index (χ1) is 10.2. The summed E-state index contributed by atoms with van der Waals surface area (Å²) in [5.74, 6) is 0.309. The fourth-order valence-electron chi connectivity index (χ4n) is 2.85. The molecule has 2 rings (SSSR count). The summed E-state index contributed by atoms with van der Waals surface area (Å²) >= 11 is 0. The van der Waals surface area contributed by atoms with Crippen LogP contribution in [0.1, 0.15) is 51.0 Å². The van der Waals surface area contributed by atoms with E-state index in [2.05, 4.69) is 19.2 Å². The zero-order valence-electron chi connectivity index (χ0n) is 12.7. The lowest BCUT2D eigenvalue weighted by Crippen LogP contribution is -2.44. The SMILES string of the molecule is CCCOc1cccc(C2CC(=O)NC(=O)C2CCC)c1. The fraction of sp³-hybridized carbons (Fsp3) is 0.529. The van der Waals surface area contributed by atoms with Crippen molar-refractivity contribution in [2.45, 2.75) is 45.4 Å². The Kier molecular flexibility index (Phi) is 5.37. The van der Waals surface area contributed by atoms with Gasteiger partial charge in [0.15, 0.2) is 0 Å². The molecule has 4 heteroatoms. The minimum Gasteiger partial charge on any atom is -0.494 e. The number of ether oxygens (including phenoxy) is 1. The Labute approximate surface area is 125 Å². The van der Waals surface area contributed by atoms with E-state index < -0.39 is 0 Å². The van der Waals surface area contributed by atoms with E-state index in [1.54, 1.807) is 0 Å². The van der Waals surface area contributed by atoms with Crippen molar-refractivity contribution in [3.05, 3.63) is 29.8 Å². The molecule has 1 aliphatic heterocycles. The van der Waals surface area contributed by atoms with Crippen LogP contribution in [-0.2, 0) is 9.59 Å². The quantitative estimate of drug-likeness (QED) is 0.819. The van der Waals surface area contributed by atoms with Crippen molar-refractivity contribution in [2.24, 2.45) is 5.92 Å². The first-order valence-corrected chi connectivity index (χ1v) is 7.72. The molecule has 0 spiro atoms. The van der Waals surface area contributed by atoms with Gasteiger partial charge < -0.3 is 4.74 Å². The molecule has 2 unspecified atom stereocenters. The molecule has 1 aromatic rings. The number of carbonyl (C=O) groups is 2. The molecule has 0 aliphatic carbocycles. The van der Waals surface area contributed by atoms with Crippen LogP contribution in [0.15, 0.2) is 24.3 Å². The molecule has 1 fully saturated rings. The van der Waals surface area contributed by atoms with Gasteiger partial charge in [0, 0.05) is 18.3 Å². The third kappa shape index (κ3) is 3.84. The number of nitrogens with one attached hydrogen (secondary N) is 1. The van der Waals surface area contributed by atoms with Gasteiger partial charge in [-0.25, -0.2) is 0 Å². The van der Waals surface area contributed by atoms with Crippen LogP contribution in [0.2, 0.25) is 0 Å². The van der Waals surface area contributed by atoms with Gasteiger partial charge in [0.2, 0.25) is 11.8 Å². The number of benzene rings is 1. The molecule has 0 aromatic heterocycles. The molecule has 0 bridgehead atoms. The topological polar surface area (TPSA) is 55.4 Å². The normalized spacial score (nSPS) is 22.0. The van der Waals surface area contributed by atoms with E-state index in [1.165, 1.54) is 0 Å². The molecule has 4 nitrogen and oxygen atoms in total. The van der Waals surface area contributed by atoms with E-state index in [0.29, 0.717) is 13.0 Å². The van der Waals surface area contributed by atoms with Crippen molar-refractivity contribution in [1.29, 1.82) is 0 Å². The third-order valence-electron chi connectivity index (χ3n) is 3.85. The Morgan fingerprint density at radius 3 is 2.76 bits per heavy atom. The van der Waals surface area contributed by atoms with E-state index in [1.807, 2.05) is 24.3 Å². The van der Waals surface area contributed by atoms with Crippen molar-refractivity contribution < 1.29 is 14.3 Å². The summed E-state index contributed by atoms with van der Waals surface area (Å²) in [6, 6.07) is 7.80. The fourth-order valence-corrected chi connectivity index (χ4v) is 2.85. The van der Waals surface area contributed by atoms with Gasteiger partial charge in [-0.2, -0.15) is 0 Å². The molecule has 0 saturated carbocycles. The van der Waals surface area contributed by atoms with Crippen LogP contribution < -0.4 is 10.1 Å². The lowest BCUT2D eigenvalue weighted by Gasteiger charge is -2.30. The predicted octanol–water partition coefficient (Wildman–Crippen LogP) is 3.02. The number of imide groups is 1. The van der Waals surface area contributed by atoms with E-state index >= 15 is 0 Å². The summed E-state index contributed by atoms with van der Waals surface area (Å²) in [7, 11) is 0. The van der Waals surface area contributed by atoms with Gasteiger partial charge in [0.05, 0.1) is 6.61 Å². The highest BCUT2D eigenvalue weighted by Crippen LogP contribution is 2.35. The molecule has 1 aliphatic rings. The summed E-state index contributed by atoms with van der Waals surface area (Å²) in [5, 5.41) is 2.45. The zero-order chi connectivity index (χ0) is 15.2. The van der Waals surface area contributed by atoms with Crippen LogP contribution in [0.3, 0.4) is 0 Å². The molecule has 2 atom stereocenters. The van der Waals surface area contributed by atoms with Gasteiger partial charge in [-0.15, -0.1) is 0 Å². The maximum absolute atomic E-state index is 12.1. The average molecular weight is 289 g/mol. The standard InChI is InChI=1S/C17H23NO3/c1-3-6-14-15(11-16(19)18-17(14)20)12-7-5-8-13(10-12)21-9-4-2/h5,7-8,10,14-15H,3-4,6,9,11H2,1-2H3,(H,18,19,20). The monoisotopic (exact) mass is 289 g/mol. The van der Waals surface area contributed by atoms with E-state index in [9.17, 15) is 9.59 Å². The van der Waals surface area contributed by atoms with Crippen LogP contribution in [0.25, 0.3) is 0 Å². The molecular weight excluding hydrogens is 266 g/mol. The summed E-state index contributed by atoms with van der Waals surface area (Å²) in [4.78, 5) is 23.8. The molecular formula is C17H23NO3. The van der Waals surface area contributed by atoms with Gasteiger partial charge >= 0.3 is 0 Å². The Morgan fingerprint density at radius 1 is 1.24 bits per heavy atom. The van der Waals surface area contributed by atoms with Crippen molar-refractivity contribution in [1.82, 2.24) is 5.32 Å². The summed E-state index contributed by atoms with van der Waals surface area (Å²) in [6.45, 7) is 4.79. The zero-order valence-corrected chi connectivity index (χ0v) is 12.7. The van der Waals surface area contributed by atoms with Crippen molar-refractivity contribution in [3.8, 4) is 5.75 Å². The van der Waals surface area contributed by atoms with Crippen molar-refractivity contribution in [3.63, 3.8) is 0 Å². The Hall–Kier alpha value is -1.84. The van der Waals surface area contributed by atoms with Crippen LogP contribution >= 0.6 is 0 Å². The summed E-state index contributed by atoms with van der Waals surface area (Å²) < 4.78 is 5.65. The lowest BCUT2D eigenvalue weighted by atomic mass is 9.78. The number of hydrogen-bond acceptors (Lipinski definition) is 3. The largest absolute Gasteiger partial charge is 0.494 e. The number of piperidine rings is 1. The second-order valence-corrected chi connectivity index (χ2v) is 5.54. The molecule has 1 aromatic carbocycles. The van der Waals surface area contributed by atoms with Crippen LogP contribution in [0.5, 0.6) is 5.75 Å². The molecule has 1 heterocycles. The van der Waals surface area contributed by atoms with E-state index in [4.69, 9.17) is 4.74 Å². The maximum Gasteiger partial charge on any atom is 0.230 e. The van der Waals surface area contributed by atoms with Crippen LogP contribution in [0.4, 0.5) is 0 Å².